The number of anilines is 1. The van der Waals surface area contributed by atoms with Crippen molar-refractivity contribution in [1.29, 1.82) is 0 Å². The van der Waals surface area contributed by atoms with Gasteiger partial charge in [0.25, 0.3) is 0 Å². The second-order valence-corrected chi connectivity index (χ2v) is 5.04. The number of nitrogens with one attached hydrogen (secondary N) is 1. The zero-order valence-corrected chi connectivity index (χ0v) is 11.9. The van der Waals surface area contributed by atoms with Crippen LogP contribution < -0.4 is 11.1 Å². The summed E-state index contributed by atoms with van der Waals surface area (Å²) in [5, 5.41) is 3.46. The van der Waals surface area contributed by atoms with E-state index in [9.17, 15) is 4.79 Å². The van der Waals surface area contributed by atoms with E-state index in [2.05, 4.69) is 21.2 Å². The normalized spacial score (nSPS) is 10.3. The Morgan fingerprint density at radius 2 is 2.12 bits per heavy atom. The van der Waals surface area contributed by atoms with Gasteiger partial charge in [-0.2, -0.15) is 0 Å². The van der Waals surface area contributed by atoms with E-state index in [1.807, 2.05) is 0 Å². The second kappa shape index (κ2) is 7.69. The first-order valence-corrected chi connectivity index (χ1v) is 6.75. The molecular weight excluding hydrogens is 304 g/mol. The lowest BCUT2D eigenvalue weighted by Crippen LogP contribution is -2.11. The van der Waals surface area contributed by atoms with Gasteiger partial charge >= 0.3 is 0 Å². The Kier molecular flexibility index (Phi) is 6.55. The summed E-state index contributed by atoms with van der Waals surface area (Å²) in [5.74, 6) is 0.0243. The lowest BCUT2D eigenvalue weighted by molar-refractivity contribution is -0.116. The van der Waals surface area contributed by atoms with E-state index in [1.54, 1.807) is 18.2 Å². The fraction of sp³-hybridized carbons (Fsp3) is 0.417. The van der Waals surface area contributed by atoms with E-state index in [4.69, 9.17) is 17.3 Å². The van der Waals surface area contributed by atoms with Crippen molar-refractivity contribution >= 4 is 39.1 Å². The number of hydrogen-bond acceptors (Lipinski definition) is 2. The molecule has 3 N–H and O–H groups in total. The molecule has 0 radical (unpaired) electrons. The molecule has 0 saturated carbocycles. The summed E-state index contributed by atoms with van der Waals surface area (Å²) in [6, 6.07) is 5.32. The fourth-order valence-corrected chi connectivity index (χ4v) is 1.90. The van der Waals surface area contributed by atoms with Crippen LogP contribution in [0, 0.1) is 0 Å². The van der Waals surface area contributed by atoms with Gasteiger partial charge < -0.3 is 11.1 Å². The third kappa shape index (κ3) is 5.52. The van der Waals surface area contributed by atoms with Crippen molar-refractivity contribution in [1.82, 2.24) is 0 Å². The molecule has 0 atom stereocenters. The molecule has 0 unspecified atom stereocenters. The molecule has 5 heteroatoms. The first-order valence-electron chi connectivity index (χ1n) is 5.58. The third-order valence-electron chi connectivity index (χ3n) is 2.31. The number of halogens is 2. The predicted octanol–water partition coefficient (Wildman–Crippen LogP) is 3.56. The van der Waals surface area contributed by atoms with Gasteiger partial charge in [-0.1, -0.05) is 18.0 Å². The summed E-state index contributed by atoms with van der Waals surface area (Å²) < 4.78 is 0.778. The summed E-state index contributed by atoms with van der Waals surface area (Å²) in [4.78, 5) is 11.6. The zero-order valence-electron chi connectivity index (χ0n) is 9.51. The third-order valence-corrected chi connectivity index (χ3v) is 3.53. The Balaban J connectivity index is 2.37. The van der Waals surface area contributed by atoms with Crippen LogP contribution in [0.3, 0.4) is 0 Å². The van der Waals surface area contributed by atoms with Crippen LogP contribution in [0.1, 0.15) is 25.7 Å². The van der Waals surface area contributed by atoms with Gasteiger partial charge in [-0.15, -0.1) is 0 Å². The molecule has 1 amide bonds. The average Bonchev–Trinajstić information content (AvgIpc) is 2.30. The maximum atomic E-state index is 11.6. The number of rotatable bonds is 6. The van der Waals surface area contributed by atoms with Gasteiger partial charge in [0, 0.05) is 16.6 Å². The number of amides is 1. The Bertz CT molecular complexity index is 385. The minimum absolute atomic E-state index is 0.0243. The Labute approximate surface area is 115 Å². The largest absolute Gasteiger partial charge is 0.330 e. The van der Waals surface area contributed by atoms with Crippen LogP contribution in [0.25, 0.3) is 0 Å². The molecule has 17 heavy (non-hydrogen) atoms. The monoisotopic (exact) mass is 318 g/mol. The molecule has 0 bridgehead atoms. The predicted molar refractivity (Wildman–Crippen MR) is 75.3 cm³/mol. The maximum Gasteiger partial charge on any atom is 0.224 e. The summed E-state index contributed by atoms with van der Waals surface area (Å²) in [6.07, 6.45) is 3.37. The Hall–Kier alpha value is -0.580. The summed E-state index contributed by atoms with van der Waals surface area (Å²) >= 11 is 9.18. The van der Waals surface area contributed by atoms with Gasteiger partial charge in [0.1, 0.15) is 0 Å². The van der Waals surface area contributed by atoms with Gasteiger partial charge in [-0.25, -0.2) is 0 Å². The standard InChI is InChI=1S/C12H16BrClN2O/c13-10-8-9(5-6-11(10)14)16-12(17)4-2-1-3-7-15/h5-6,8H,1-4,7,15H2,(H,16,17). The van der Waals surface area contributed by atoms with Crippen molar-refractivity contribution in [3.8, 4) is 0 Å². The van der Waals surface area contributed by atoms with Crippen LogP contribution in [0.2, 0.25) is 5.02 Å². The highest BCUT2D eigenvalue weighted by atomic mass is 79.9. The molecule has 3 nitrogen and oxygen atoms in total. The second-order valence-electron chi connectivity index (χ2n) is 3.78. The van der Waals surface area contributed by atoms with Crippen LogP contribution in [0.5, 0.6) is 0 Å². The van der Waals surface area contributed by atoms with E-state index < -0.39 is 0 Å². The van der Waals surface area contributed by atoms with Crippen molar-refractivity contribution in [2.75, 3.05) is 11.9 Å². The first-order chi connectivity index (χ1) is 8.13. The number of unbranched alkanes of at least 4 members (excludes halogenated alkanes) is 2. The van der Waals surface area contributed by atoms with Gasteiger partial charge in [0.15, 0.2) is 0 Å². The first kappa shape index (κ1) is 14.5. The van der Waals surface area contributed by atoms with Crippen LogP contribution in [0.4, 0.5) is 5.69 Å². The number of carbonyl (C=O) groups excluding carboxylic acids is 1. The SMILES string of the molecule is NCCCCCC(=O)Nc1ccc(Cl)c(Br)c1. The molecule has 1 aromatic rings. The molecule has 94 valence electrons. The molecule has 0 aliphatic rings. The molecular formula is C12H16BrClN2O. The lowest BCUT2D eigenvalue weighted by Gasteiger charge is -2.06. The number of hydrogen-bond donors (Lipinski definition) is 2. The van der Waals surface area contributed by atoms with Crippen molar-refractivity contribution in [3.05, 3.63) is 27.7 Å². The number of carbonyl (C=O) groups is 1. The highest BCUT2D eigenvalue weighted by Gasteiger charge is 2.04. The molecule has 0 heterocycles. The molecule has 0 aliphatic heterocycles. The van der Waals surface area contributed by atoms with E-state index in [-0.39, 0.29) is 5.91 Å². The van der Waals surface area contributed by atoms with E-state index in [0.29, 0.717) is 18.0 Å². The van der Waals surface area contributed by atoms with Gasteiger partial charge in [-0.3, -0.25) is 4.79 Å². The highest BCUT2D eigenvalue weighted by Crippen LogP contribution is 2.25. The number of nitrogens with two attached hydrogens (primary N) is 1. The van der Waals surface area contributed by atoms with Gasteiger partial charge in [-0.05, 0) is 53.5 Å². The Morgan fingerprint density at radius 1 is 1.35 bits per heavy atom. The quantitative estimate of drug-likeness (QED) is 0.788. The zero-order chi connectivity index (χ0) is 12.7. The molecule has 1 rings (SSSR count). The minimum atomic E-state index is 0.0243. The highest BCUT2D eigenvalue weighted by molar-refractivity contribution is 9.10. The summed E-state index contributed by atoms with van der Waals surface area (Å²) in [5.41, 5.74) is 6.14. The summed E-state index contributed by atoms with van der Waals surface area (Å²) in [7, 11) is 0. The minimum Gasteiger partial charge on any atom is -0.330 e. The van der Waals surface area contributed by atoms with E-state index in [0.717, 1.165) is 29.4 Å². The topological polar surface area (TPSA) is 55.1 Å². The van der Waals surface area contributed by atoms with Crippen LogP contribution in [-0.4, -0.2) is 12.5 Å². The van der Waals surface area contributed by atoms with Crippen molar-refractivity contribution < 1.29 is 4.79 Å². The van der Waals surface area contributed by atoms with Crippen LogP contribution in [0.15, 0.2) is 22.7 Å². The van der Waals surface area contributed by atoms with Crippen LogP contribution >= 0.6 is 27.5 Å². The smallest absolute Gasteiger partial charge is 0.224 e. The average molecular weight is 320 g/mol. The summed E-state index contributed by atoms with van der Waals surface area (Å²) in [6.45, 7) is 0.686. The molecule has 0 aliphatic carbocycles. The molecule has 1 aromatic carbocycles. The van der Waals surface area contributed by atoms with E-state index >= 15 is 0 Å². The van der Waals surface area contributed by atoms with Gasteiger partial charge in [0.05, 0.1) is 5.02 Å². The maximum absolute atomic E-state index is 11.6. The van der Waals surface area contributed by atoms with Crippen molar-refractivity contribution in [2.24, 2.45) is 5.73 Å². The Morgan fingerprint density at radius 3 is 2.76 bits per heavy atom. The molecule has 0 aromatic heterocycles. The molecule has 0 saturated heterocycles. The number of benzene rings is 1. The van der Waals surface area contributed by atoms with Crippen molar-refractivity contribution in [3.63, 3.8) is 0 Å². The van der Waals surface area contributed by atoms with Gasteiger partial charge in [0.2, 0.25) is 5.91 Å². The fourth-order valence-electron chi connectivity index (χ4n) is 1.40. The van der Waals surface area contributed by atoms with E-state index in [1.165, 1.54) is 0 Å². The molecule has 0 spiro atoms. The van der Waals surface area contributed by atoms with Crippen LogP contribution in [-0.2, 0) is 4.79 Å². The lowest BCUT2D eigenvalue weighted by atomic mass is 10.2. The van der Waals surface area contributed by atoms with Crippen molar-refractivity contribution in [2.45, 2.75) is 25.7 Å². The molecule has 0 fully saturated rings.